The second-order valence-electron chi connectivity index (χ2n) is 5.80. The highest BCUT2D eigenvalue weighted by atomic mass is 32.2. The summed E-state index contributed by atoms with van der Waals surface area (Å²) in [5.41, 5.74) is 1.04. The molecule has 27 heavy (non-hydrogen) atoms. The highest BCUT2D eigenvalue weighted by molar-refractivity contribution is 8.00. The first-order valence-electron chi connectivity index (χ1n) is 7.44. The average Bonchev–Trinajstić information content (AvgIpc) is 2.53. The van der Waals surface area contributed by atoms with Crippen molar-refractivity contribution in [2.45, 2.75) is 36.1 Å². The maximum absolute atomic E-state index is 14.0. The summed E-state index contributed by atoms with van der Waals surface area (Å²) < 4.78 is 91.9. The average molecular weight is 407 g/mol. The van der Waals surface area contributed by atoms with Crippen LogP contribution in [0.15, 0.2) is 41.3 Å². The SMILES string of the molecule is Cc1cc(C)c(-c2ccccc2C#N)c(SC(F)(F)C(F)(F)C(F)(F)F)c1. The molecule has 0 heterocycles. The van der Waals surface area contributed by atoms with E-state index in [0.29, 0.717) is 11.1 Å². The van der Waals surface area contributed by atoms with Crippen molar-refractivity contribution in [3.63, 3.8) is 0 Å². The van der Waals surface area contributed by atoms with E-state index in [1.807, 2.05) is 6.07 Å². The smallest absolute Gasteiger partial charge is 0.192 e. The number of halogens is 7. The summed E-state index contributed by atoms with van der Waals surface area (Å²) in [5.74, 6) is -6.23. The number of thioether (sulfide) groups is 1. The van der Waals surface area contributed by atoms with Crippen LogP contribution in [0.25, 0.3) is 11.1 Å². The molecule has 0 N–H and O–H groups in total. The van der Waals surface area contributed by atoms with Gasteiger partial charge in [0.15, 0.2) is 0 Å². The number of hydrogen-bond donors (Lipinski definition) is 0. The molecule has 9 heteroatoms. The number of alkyl halides is 7. The Morgan fingerprint density at radius 2 is 1.52 bits per heavy atom. The Labute approximate surface area is 154 Å². The van der Waals surface area contributed by atoms with Crippen LogP contribution in [-0.4, -0.2) is 17.4 Å². The second kappa shape index (κ2) is 7.08. The van der Waals surface area contributed by atoms with Crippen molar-refractivity contribution in [1.29, 1.82) is 5.26 Å². The molecular weight excluding hydrogens is 395 g/mol. The van der Waals surface area contributed by atoms with Crippen molar-refractivity contribution in [1.82, 2.24) is 0 Å². The highest BCUT2D eigenvalue weighted by Crippen LogP contribution is 2.55. The van der Waals surface area contributed by atoms with Crippen LogP contribution in [0.1, 0.15) is 16.7 Å². The lowest BCUT2D eigenvalue weighted by Crippen LogP contribution is -2.49. The van der Waals surface area contributed by atoms with Crippen LogP contribution in [0.3, 0.4) is 0 Å². The number of aryl methyl sites for hydroxylation is 2. The van der Waals surface area contributed by atoms with Crippen LogP contribution >= 0.6 is 11.8 Å². The lowest BCUT2D eigenvalue weighted by Gasteiger charge is -2.28. The summed E-state index contributed by atoms with van der Waals surface area (Å²) in [7, 11) is 0. The van der Waals surface area contributed by atoms with Gasteiger partial charge < -0.3 is 0 Å². The van der Waals surface area contributed by atoms with Gasteiger partial charge in [0.05, 0.1) is 11.6 Å². The molecule has 0 bridgehead atoms. The van der Waals surface area contributed by atoms with Crippen molar-refractivity contribution >= 4 is 11.8 Å². The number of nitrogens with zero attached hydrogens (tertiary/aromatic N) is 1. The van der Waals surface area contributed by atoms with Gasteiger partial charge in [-0.15, -0.1) is 0 Å². The van der Waals surface area contributed by atoms with E-state index in [4.69, 9.17) is 0 Å². The maximum atomic E-state index is 14.0. The zero-order chi connectivity index (χ0) is 20.6. The number of nitriles is 1. The van der Waals surface area contributed by atoms with Gasteiger partial charge in [-0.1, -0.05) is 24.3 Å². The molecule has 144 valence electrons. The molecule has 2 aromatic carbocycles. The minimum atomic E-state index is -6.41. The molecule has 0 aromatic heterocycles. The molecule has 0 aliphatic rings. The van der Waals surface area contributed by atoms with Crippen LogP contribution in [-0.2, 0) is 0 Å². The third kappa shape index (κ3) is 3.90. The minimum absolute atomic E-state index is 0.0143. The van der Waals surface area contributed by atoms with Crippen molar-refractivity contribution in [2.24, 2.45) is 0 Å². The molecule has 0 unspecified atom stereocenters. The van der Waals surface area contributed by atoms with Gasteiger partial charge in [0.1, 0.15) is 0 Å². The van der Waals surface area contributed by atoms with Crippen molar-refractivity contribution in [3.05, 3.63) is 53.1 Å². The Balaban J connectivity index is 2.67. The predicted molar refractivity (Wildman–Crippen MR) is 87.9 cm³/mol. The second-order valence-corrected chi connectivity index (χ2v) is 6.96. The zero-order valence-corrected chi connectivity index (χ0v) is 14.8. The number of benzene rings is 2. The minimum Gasteiger partial charge on any atom is -0.192 e. The van der Waals surface area contributed by atoms with Gasteiger partial charge >= 0.3 is 17.4 Å². The molecule has 0 amide bonds. The van der Waals surface area contributed by atoms with Crippen molar-refractivity contribution in [3.8, 4) is 17.2 Å². The molecule has 0 spiro atoms. The third-order valence-electron chi connectivity index (χ3n) is 3.72. The van der Waals surface area contributed by atoms with Gasteiger partial charge in [-0.3, -0.25) is 0 Å². The fraction of sp³-hybridized carbons (Fsp3) is 0.278. The monoisotopic (exact) mass is 407 g/mol. The number of rotatable bonds is 4. The van der Waals surface area contributed by atoms with Gasteiger partial charge in [0.25, 0.3) is 0 Å². The fourth-order valence-electron chi connectivity index (χ4n) is 2.52. The van der Waals surface area contributed by atoms with Crippen LogP contribution in [0.2, 0.25) is 0 Å². The van der Waals surface area contributed by atoms with E-state index in [-0.39, 0.29) is 16.7 Å². The van der Waals surface area contributed by atoms with E-state index in [9.17, 15) is 36.0 Å². The van der Waals surface area contributed by atoms with E-state index >= 15 is 0 Å². The Morgan fingerprint density at radius 1 is 0.926 bits per heavy atom. The van der Waals surface area contributed by atoms with Gasteiger partial charge in [-0.25, -0.2) is 0 Å². The molecule has 0 aliphatic heterocycles. The number of hydrogen-bond acceptors (Lipinski definition) is 2. The highest BCUT2D eigenvalue weighted by Gasteiger charge is 2.73. The maximum Gasteiger partial charge on any atom is 0.460 e. The van der Waals surface area contributed by atoms with Crippen LogP contribution in [0.4, 0.5) is 30.7 Å². The summed E-state index contributed by atoms with van der Waals surface area (Å²) in [6, 6.07) is 10.4. The largest absolute Gasteiger partial charge is 0.460 e. The van der Waals surface area contributed by atoms with Gasteiger partial charge in [-0.05, 0) is 54.4 Å². The summed E-state index contributed by atoms with van der Waals surface area (Å²) in [6.07, 6.45) is -6.41. The first kappa shape index (κ1) is 21.1. The first-order valence-corrected chi connectivity index (χ1v) is 8.25. The molecule has 0 aliphatic carbocycles. The molecule has 1 nitrogen and oxygen atoms in total. The molecule has 0 saturated carbocycles. The topological polar surface area (TPSA) is 23.8 Å². The summed E-state index contributed by atoms with van der Waals surface area (Å²) in [6.45, 7) is 3.00. The lowest BCUT2D eigenvalue weighted by atomic mass is 9.95. The standard InChI is InChI=1S/C18H12F7NS/c1-10-7-11(2)15(13-6-4-3-5-12(13)9-26)14(8-10)27-18(24,25)16(19,20)17(21,22)23/h3-8H,1-2H3. The van der Waals surface area contributed by atoms with E-state index in [1.165, 1.54) is 38.1 Å². The summed E-state index contributed by atoms with van der Waals surface area (Å²) in [5, 5.41) is 3.77. The zero-order valence-electron chi connectivity index (χ0n) is 14.0. The van der Waals surface area contributed by atoms with Crippen molar-refractivity contribution < 1.29 is 30.7 Å². The van der Waals surface area contributed by atoms with Gasteiger partial charge in [0, 0.05) is 10.5 Å². The molecule has 0 saturated heterocycles. The molecule has 0 fully saturated rings. The molecule has 2 rings (SSSR count). The summed E-state index contributed by atoms with van der Waals surface area (Å²) in [4.78, 5) is -0.468. The van der Waals surface area contributed by atoms with Crippen molar-refractivity contribution in [2.75, 3.05) is 0 Å². The van der Waals surface area contributed by atoms with Gasteiger partial charge in [0.2, 0.25) is 0 Å². The predicted octanol–water partition coefficient (Wildman–Crippen LogP) is 6.72. The Morgan fingerprint density at radius 3 is 2.07 bits per heavy atom. The van der Waals surface area contributed by atoms with E-state index < -0.39 is 34.0 Å². The van der Waals surface area contributed by atoms with Crippen LogP contribution in [0, 0.1) is 25.2 Å². The normalized spacial score (nSPS) is 12.7. The quantitative estimate of drug-likeness (QED) is 0.415. The lowest BCUT2D eigenvalue weighted by molar-refractivity contribution is -0.330. The van der Waals surface area contributed by atoms with Crippen LogP contribution < -0.4 is 0 Å². The fourth-order valence-corrected chi connectivity index (χ4v) is 3.66. The Bertz CT molecular complexity index is 898. The third-order valence-corrected chi connectivity index (χ3v) is 4.77. The Kier molecular flexibility index (Phi) is 5.53. The first-order chi connectivity index (χ1) is 12.3. The van der Waals surface area contributed by atoms with E-state index in [2.05, 4.69) is 0 Å². The Hall–Kier alpha value is -2.21. The van der Waals surface area contributed by atoms with Crippen LogP contribution in [0.5, 0.6) is 0 Å². The van der Waals surface area contributed by atoms with E-state index in [1.54, 1.807) is 6.07 Å². The van der Waals surface area contributed by atoms with E-state index in [0.717, 1.165) is 6.07 Å². The van der Waals surface area contributed by atoms with Gasteiger partial charge in [-0.2, -0.15) is 36.0 Å². The summed E-state index contributed by atoms with van der Waals surface area (Å²) >= 11 is -0.864. The molecular formula is C18H12F7NS. The molecule has 0 radical (unpaired) electrons. The molecule has 0 atom stereocenters. The molecule has 2 aromatic rings.